The van der Waals surface area contributed by atoms with Gasteiger partial charge in [0.1, 0.15) is 36.3 Å². The highest BCUT2D eigenvalue weighted by atomic mass is 16.6. The molecule has 1 aromatic carbocycles. The molecule has 2 aliphatic heterocycles. The van der Waals surface area contributed by atoms with Crippen molar-refractivity contribution in [1.29, 1.82) is 0 Å². The molecular weight excluding hydrogens is 496 g/mol. The van der Waals surface area contributed by atoms with Crippen molar-refractivity contribution in [2.75, 3.05) is 20.1 Å². The van der Waals surface area contributed by atoms with Gasteiger partial charge in [0.2, 0.25) is 5.91 Å². The van der Waals surface area contributed by atoms with Gasteiger partial charge < -0.3 is 24.3 Å². The molecule has 8 heteroatoms. The summed E-state index contributed by atoms with van der Waals surface area (Å²) >= 11 is 0. The molecule has 7 rings (SSSR count). The predicted octanol–water partition coefficient (Wildman–Crippen LogP) is 3.92. The zero-order valence-electron chi connectivity index (χ0n) is 23.2. The Morgan fingerprint density at radius 3 is 2.64 bits per heavy atom. The van der Waals surface area contributed by atoms with E-state index in [0.717, 1.165) is 46.6 Å². The van der Waals surface area contributed by atoms with Crippen molar-refractivity contribution in [3.8, 4) is 11.5 Å². The largest absolute Gasteiger partial charge is 0.504 e. The van der Waals surface area contributed by atoms with Crippen LogP contribution in [0.2, 0.25) is 0 Å². The first kappa shape index (κ1) is 25.2. The Balaban J connectivity index is 1.27. The second-order valence-electron chi connectivity index (χ2n) is 12.8. The number of phenolic OH excluding ortho intramolecular Hbond substituents is 1. The predicted molar refractivity (Wildman–Crippen MR) is 144 cm³/mol. The normalized spacial score (nSPS) is 36.1. The number of rotatable bonds is 5. The maximum Gasteiger partial charge on any atom is 0.246 e. The lowest BCUT2D eigenvalue weighted by molar-refractivity contribution is -1.13. The number of hydrogen-bond donors (Lipinski definition) is 3. The number of hydroxylamine groups is 3. The lowest BCUT2D eigenvalue weighted by atomic mass is 9.48. The molecule has 0 radical (unpaired) electrons. The SMILES string of the molecule is Cc1oc(C)c(/C=C/C(=O)N(C)[C@@H]2CC[C@@]3(O)[C@@H]4Cc5ccc(O)c6c5[C@@]3(CC[N+]4(O)CC3CC3)[C@H]2O6)c1C. The van der Waals surface area contributed by atoms with E-state index in [4.69, 9.17) is 9.15 Å². The van der Waals surface area contributed by atoms with E-state index in [1.165, 1.54) is 0 Å². The average molecular weight is 536 g/mol. The molecule has 39 heavy (non-hydrogen) atoms. The number of furan rings is 1. The van der Waals surface area contributed by atoms with E-state index in [1.54, 1.807) is 24.1 Å². The third-order valence-corrected chi connectivity index (χ3v) is 10.9. The number of aliphatic hydroxyl groups is 1. The van der Waals surface area contributed by atoms with Gasteiger partial charge in [0.15, 0.2) is 17.5 Å². The minimum absolute atomic E-state index is 0.0699. The van der Waals surface area contributed by atoms with Crippen LogP contribution in [0.4, 0.5) is 0 Å². The molecule has 1 aromatic heterocycles. The van der Waals surface area contributed by atoms with Gasteiger partial charge in [-0.25, -0.2) is 5.21 Å². The lowest BCUT2D eigenvalue weighted by Gasteiger charge is -2.64. The number of carbonyl (C=O) groups is 1. The van der Waals surface area contributed by atoms with Crippen LogP contribution in [-0.4, -0.2) is 74.8 Å². The van der Waals surface area contributed by atoms with Gasteiger partial charge in [-0.3, -0.25) is 4.79 Å². The van der Waals surface area contributed by atoms with Crippen molar-refractivity contribution in [2.45, 2.75) is 88.5 Å². The fourth-order valence-corrected chi connectivity index (χ4v) is 8.65. The maximum absolute atomic E-state index is 13.5. The number of piperidine rings is 1. The molecule has 1 saturated heterocycles. The van der Waals surface area contributed by atoms with Gasteiger partial charge >= 0.3 is 0 Å². The molecule has 1 unspecified atom stereocenters. The first-order valence-electron chi connectivity index (χ1n) is 14.4. The highest BCUT2D eigenvalue weighted by molar-refractivity contribution is 5.92. The molecule has 3 fully saturated rings. The number of nitrogens with zero attached hydrogens (tertiary/aromatic N) is 2. The number of likely N-dealkylation sites (tertiary alicyclic amines) is 1. The smallest absolute Gasteiger partial charge is 0.246 e. The van der Waals surface area contributed by atoms with Crippen molar-refractivity contribution in [3.05, 3.63) is 52.0 Å². The van der Waals surface area contributed by atoms with Crippen LogP contribution in [0.1, 0.15) is 65.9 Å². The van der Waals surface area contributed by atoms with Crippen LogP contribution >= 0.6 is 0 Å². The number of ether oxygens (including phenoxy) is 1. The number of phenols is 1. The Hall–Kier alpha value is -2.81. The van der Waals surface area contributed by atoms with E-state index < -0.39 is 17.1 Å². The lowest BCUT2D eigenvalue weighted by Crippen LogP contribution is -2.82. The zero-order chi connectivity index (χ0) is 27.5. The van der Waals surface area contributed by atoms with E-state index in [-0.39, 0.29) is 28.4 Å². The van der Waals surface area contributed by atoms with Crippen LogP contribution < -0.4 is 4.74 Å². The van der Waals surface area contributed by atoms with Crippen molar-refractivity contribution in [3.63, 3.8) is 0 Å². The monoisotopic (exact) mass is 535 g/mol. The van der Waals surface area contributed by atoms with Gasteiger partial charge in [-0.05, 0) is 69.7 Å². The number of quaternary nitrogens is 1. The van der Waals surface area contributed by atoms with Gasteiger partial charge in [0.25, 0.3) is 0 Å². The fraction of sp³-hybridized carbons (Fsp3) is 0.581. The molecule has 6 atom stereocenters. The molecule has 3 aliphatic carbocycles. The highest BCUT2D eigenvalue weighted by Gasteiger charge is 2.77. The van der Waals surface area contributed by atoms with Crippen LogP contribution in [0.5, 0.6) is 11.5 Å². The second kappa shape index (κ2) is 8.12. The van der Waals surface area contributed by atoms with Gasteiger partial charge in [0.05, 0.1) is 11.5 Å². The number of amides is 1. The third kappa shape index (κ3) is 3.25. The fourth-order valence-electron chi connectivity index (χ4n) is 8.65. The van der Waals surface area contributed by atoms with Crippen molar-refractivity contribution in [1.82, 2.24) is 4.90 Å². The summed E-state index contributed by atoms with van der Waals surface area (Å²) in [4.78, 5) is 15.3. The van der Waals surface area contributed by atoms with E-state index in [9.17, 15) is 20.2 Å². The van der Waals surface area contributed by atoms with Crippen LogP contribution in [0, 0.1) is 26.7 Å². The maximum atomic E-state index is 13.5. The first-order valence-corrected chi connectivity index (χ1v) is 14.4. The third-order valence-electron chi connectivity index (χ3n) is 10.9. The van der Waals surface area contributed by atoms with Gasteiger partial charge in [0, 0.05) is 43.0 Å². The Bertz CT molecular complexity index is 1410. The molecule has 3 N–H and O–H groups in total. The standard InChI is InChI=1S/C31H38N2O6/c1-17-18(2)38-19(3)22(17)8-10-26(35)32(4)23-11-12-31(36)25-15-21-7-9-24(34)28-27(21)30(31,29(23)39-28)13-14-33(25,37)16-20-5-6-20/h7-10,20,23,25,29,36-37H,5-6,11-16H2,1-4H3/p+1/b10-8+/t23-,25+,29+,30+,31-,33?/m1/s1. The number of likely N-dealkylation sites (N-methyl/N-ethyl adjacent to an activating group) is 1. The molecule has 8 nitrogen and oxygen atoms in total. The second-order valence-corrected chi connectivity index (χ2v) is 12.8. The van der Waals surface area contributed by atoms with Crippen molar-refractivity contribution in [2.24, 2.45) is 5.92 Å². The number of aryl methyl sites for hydroxylation is 2. The first-order chi connectivity index (χ1) is 18.5. The van der Waals surface area contributed by atoms with E-state index in [2.05, 4.69) is 0 Å². The molecular formula is C31H39N2O6+. The summed E-state index contributed by atoms with van der Waals surface area (Å²) in [5, 5.41) is 35.5. The Morgan fingerprint density at radius 2 is 1.95 bits per heavy atom. The number of hydrogen-bond acceptors (Lipinski definition) is 6. The van der Waals surface area contributed by atoms with Gasteiger partial charge in [-0.2, -0.15) is 4.65 Å². The summed E-state index contributed by atoms with van der Waals surface area (Å²) in [6.07, 6.45) is 7.26. The Morgan fingerprint density at radius 1 is 1.18 bits per heavy atom. The van der Waals surface area contributed by atoms with E-state index in [0.29, 0.717) is 50.4 Å². The molecule has 208 valence electrons. The minimum Gasteiger partial charge on any atom is -0.504 e. The van der Waals surface area contributed by atoms with Crippen molar-refractivity contribution < 1.29 is 34.0 Å². The molecule has 1 amide bonds. The number of aromatic hydroxyl groups is 1. The number of benzene rings is 1. The minimum atomic E-state index is -1.19. The quantitative estimate of drug-likeness (QED) is 0.396. The Labute approximate surface area is 229 Å². The molecule has 2 saturated carbocycles. The van der Waals surface area contributed by atoms with E-state index in [1.807, 2.05) is 32.9 Å². The van der Waals surface area contributed by atoms with Crippen LogP contribution in [0.15, 0.2) is 22.6 Å². The summed E-state index contributed by atoms with van der Waals surface area (Å²) in [5.74, 6) is 2.50. The molecule has 3 heterocycles. The highest BCUT2D eigenvalue weighted by Crippen LogP contribution is 2.66. The molecule has 2 bridgehead atoms. The molecule has 2 aromatic rings. The summed E-state index contributed by atoms with van der Waals surface area (Å²) in [7, 11) is 1.80. The number of carbonyl (C=O) groups excluding carboxylic acids is 1. The Kier molecular flexibility index (Phi) is 5.24. The van der Waals surface area contributed by atoms with Crippen molar-refractivity contribution >= 4 is 12.0 Å². The van der Waals surface area contributed by atoms with Crippen LogP contribution in [0.25, 0.3) is 6.08 Å². The molecule has 5 aliphatic rings. The summed E-state index contributed by atoms with van der Waals surface area (Å²) < 4.78 is 12.2. The van der Waals surface area contributed by atoms with Gasteiger partial charge in [-0.15, -0.1) is 0 Å². The van der Waals surface area contributed by atoms with Crippen LogP contribution in [0.3, 0.4) is 0 Å². The topological polar surface area (TPSA) is 103 Å². The van der Waals surface area contributed by atoms with E-state index >= 15 is 0 Å². The zero-order valence-corrected chi connectivity index (χ0v) is 23.2. The molecule has 1 spiro atoms. The average Bonchev–Trinajstić information content (AvgIpc) is 3.57. The van der Waals surface area contributed by atoms with Gasteiger partial charge in [-0.1, -0.05) is 6.07 Å². The summed E-state index contributed by atoms with van der Waals surface area (Å²) in [5.41, 5.74) is 1.88. The van der Waals surface area contributed by atoms with Crippen LogP contribution in [-0.2, 0) is 16.6 Å². The summed E-state index contributed by atoms with van der Waals surface area (Å²) in [6.45, 7) is 7.00. The summed E-state index contributed by atoms with van der Waals surface area (Å²) in [6, 6.07) is 2.94.